The minimum absolute atomic E-state index is 0.235. The average molecular weight is 507 g/mol. The fourth-order valence-electron chi connectivity index (χ4n) is 4.26. The number of hydrogen-bond donors (Lipinski definition) is 0. The molecule has 198 valence electrons. The molecule has 7 nitrogen and oxygen atoms in total. The number of esters is 1. The van der Waals surface area contributed by atoms with E-state index in [0.717, 1.165) is 35.4 Å². The lowest BCUT2D eigenvalue weighted by atomic mass is 9.92. The molecule has 0 aliphatic carbocycles. The average Bonchev–Trinajstić information content (AvgIpc) is 3.24. The molecule has 0 spiro atoms. The maximum absolute atomic E-state index is 12.8. The summed E-state index contributed by atoms with van der Waals surface area (Å²) in [7, 11) is 1.34. The van der Waals surface area contributed by atoms with Gasteiger partial charge >= 0.3 is 5.97 Å². The molecule has 0 radical (unpaired) electrons. The minimum atomic E-state index is -0.817. The van der Waals surface area contributed by atoms with Crippen LogP contribution >= 0.6 is 0 Å². The van der Waals surface area contributed by atoms with Gasteiger partial charge in [-0.1, -0.05) is 44.2 Å². The second kappa shape index (κ2) is 13.6. The molecule has 7 heteroatoms. The smallest absolute Gasteiger partial charge is 0.333 e. The van der Waals surface area contributed by atoms with Crippen molar-refractivity contribution in [2.24, 2.45) is 5.92 Å². The molecule has 1 aliphatic rings. The van der Waals surface area contributed by atoms with Gasteiger partial charge in [0.1, 0.15) is 11.5 Å². The Labute approximate surface area is 219 Å². The molecule has 0 saturated carbocycles. The van der Waals surface area contributed by atoms with E-state index < -0.39 is 12.0 Å². The molecule has 1 aromatic heterocycles. The summed E-state index contributed by atoms with van der Waals surface area (Å²) in [5.74, 6) is 1.97. The van der Waals surface area contributed by atoms with Crippen LogP contribution in [-0.4, -0.2) is 42.0 Å². The van der Waals surface area contributed by atoms with Crippen molar-refractivity contribution in [2.45, 2.75) is 59.4 Å². The Morgan fingerprint density at radius 2 is 2.08 bits per heavy atom. The molecule has 0 N–H and O–H groups in total. The zero-order valence-electron chi connectivity index (χ0n) is 22.5. The number of allylic oxidation sites excluding steroid dienone is 4. The van der Waals surface area contributed by atoms with Crippen molar-refractivity contribution in [2.75, 3.05) is 20.3 Å². The molecule has 2 aromatic rings. The van der Waals surface area contributed by atoms with Gasteiger partial charge in [0.15, 0.2) is 6.04 Å². The minimum Gasteiger partial charge on any atom is -0.493 e. The summed E-state index contributed by atoms with van der Waals surface area (Å²) < 4.78 is 16.9. The summed E-state index contributed by atoms with van der Waals surface area (Å²) in [6.07, 6.45) is 14.1. The first-order chi connectivity index (χ1) is 17.8. The predicted octanol–water partition coefficient (Wildman–Crippen LogP) is 5.79. The number of carbonyl (C=O) groups is 2. The zero-order valence-corrected chi connectivity index (χ0v) is 22.5. The van der Waals surface area contributed by atoms with Crippen LogP contribution in [0.15, 0.2) is 53.0 Å². The molecule has 2 heterocycles. The topological polar surface area (TPSA) is 81.9 Å². The van der Waals surface area contributed by atoms with E-state index in [2.05, 4.69) is 24.9 Å². The number of carbonyl (C=O) groups excluding carboxylic acids is 2. The van der Waals surface area contributed by atoms with Gasteiger partial charge < -0.3 is 18.8 Å². The third-order valence-corrected chi connectivity index (χ3v) is 6.28. The van der Waals surface area contributed by atoms with Crippen molar-refractivity contribution in [1.29, 1.82) is 0 Å². The lowest BCUT2D eigenvalue weighted by Gasteiger charge is -2.35. The van der Waals surface area contributed by atoms with E-state index in [1.165, 1.54) is 13.2 Å². The third-order valence-electron chi connectivity index (χ3n) is 6.28. The molecule has 3 rings (SSSR count). The number of methoxy groups -OCH3 is 1. The summed E-state index contributed by atoms with van der Waals surface area (Å²) in [4.78, 5) is 31.7. The molecule has 37 heavy (non-hydrogen) atoms. The van der Waals surface area contributed by atoms with Crippen molar-refractivity contribution in [3.8, 4) is 5.75 Å². The normalized spacial score (nSPS) is 15.7. The Kier molecular flexibility index (Phi) is 10.3. The van der Waals surface area contributed by atoms with Crippen LogP contribution in [0.5, 0.6) is 5.75 Å². The Bertz CT molecular complexity index is 1160. The summed E-state index contributed by atoms with van der Waals surface area (Å²) in [5.41, 5.74) is 2.60. The van der Waals surface area contributed by atoms with Crippen molar-refractivity contribution < 1.29 is 23.5 Å². The molecule has 0 saturated heterocycles. The van der Waals surface area contributed by atoms with Crippen molar-refractivity contribution in [3.05, 3.63) is 77.1 Å². The zero-order chi connectivity index (χ0) is 26.8. The van der Waals surface area contributed by atoms with Gasteiger partial charge in [-0.25, -0.2) is 9.78 Å². The number of nitrogens with zero attached hydrogens (tertiary/aromatic N) is 2. The summed E-state index contributed by atoms with van der Waals surface area (Å²) >= 11 is 0. The van der Waals surface area contributed by atoms with Gasteiger partial charge in [0.05, 0.1) is 19.4 Å². The van der Waals surface area contributed by atoms with Crippen LogP contribution in [0.2, 0.25) is 0 Å². The molecule has 1 aromatic carbocycles. The van der Waals surface area contributed by atoms with Crippen molar-refractivity contribution in [3.63, 3.8) is 0 Å². The number of ether oxygens (including phenoxy) is 2. The van der Waals surface area contributed by atoms with E-state index in [9.17, 15) is 9.59 Å². The van der Waals surface area contributed by atoms with Crippen LogP contribution < -0.4 is 4.74 Å². The molecule has 1 amide bonds. The molecular weight excluding hydrogens is 468 g/mol. The fraction of sp³-hybridized carbons (Fsp3) is 0.433. The third kappa shape index (κ3) is 7.68. The van der Waals surface area contributed by atoms with Gasteiger partial charge in [-0.3, -0.25) is 4.79 Å². The van der Waals surface area contributed by atoms with Crippen LogP contribution in [0.4, 0.5) is 0 Å². The van der Waals surface area contributed by atoms with Crippen LogP contribution in [0, 0.1) is 12.8 Å². The molecule has 1 unspecified atom stereocenters. The van der Waals surface area contributed by atoms with Crippen LogP contribution in [-0.2, 0) is 27.2 Å². The van der Waals surface area contributed by atoms with E-state index in [4.69, 9.17) is 13.9 Å². The largest absolute Gasteiger partial charge is 0.493 e. The number of aryl methyl sites for hydroxylation is 1. The van der Waals surface area contributed by atoms with E-state index in [1.807, 2.05) is 44.2 Å². The first-order valence-electron chi connectivity index (χ1n) is 12.9. The number of amides is 1. The van der Waals surface area contributed by atoms with E-state index in [0.29, 0.717) is 43.6 Å². The Morgan fingerprint density at radius 3 is 2.81 bits per heavy atom. The van der Waals surface area contributed by atoms with Gasteiger partial charge in [-0.15, -0.1) is 0 Å². The van der Waals surface area contributed by atoms with Crippen LogP contribution in [0.1, 0.15) is 68.1 Å². The SMILES string of the molecule is CC=CC=CC(=O)N1CCc2ccc(OCCc3nc(/C=C/CCC(C)C)oc3C)cc2C1C(=O)OC. The standard InChI is InChI=1S/C30H38N2O5/c1-6-7-8-13-28(33)32-18-16-23-14-15-24(20-25(23)29(32)30(34)35-5)36-19-17-26-22(4)37-27(31-26)12-10-9-11-21(2)3/h6-8,10,12-15,20-21,29H,9,11,16-19H2,1-5H3/b7-6?,12-10+,13-8?. The van der Waals surface area contributed by atoms with Gasteiger partial charge in [0.2, 0.25) is 11.8 Å². The highest BCUT2D eigenvalue weighted by Crippen LogP contribution is 2.34. The first kappa shape index (κ1) is 28.0. The molecule has 0 fully saturated rings. The maximum Gasteiger partial charge on any atom is 0.333 e. The summed E-state index contributed by atoms with van der Waals surface area (Å²) in [6, 6.07) is 4.88. The van der Waals surface area contributed by atoms with E-state index in [-0.39, 0.29) is 5.91 Å². The highest BCUT2D eigenvalue weighted by Gasteiger charge is 2.36. The molecule has 1 atom stereocenters. The summed E-state index contributed by atoms with van der Waals surface area (Å²) in [6.45, 7) is 9.03. The van der Waals surface area contributed by atoms with Crippen LogP contribution in [0.3, 0.4) is 0 Å². The van der Waals surface area contributed by atoms with E-state index in [1.54, 1.807) is 17.1 Å². The number of benzene rings is 1. The van der Waals surface area contributed by atoms with Gasteiger partial charge in [0, 0.05) is 19.0 Å². The van der Waals surface area contributed by atoms with Gasteiger partial charge in [-0.2, -0.15) is 0 Å². The highest BCUT2D eigenvalue weighted by atomic mass is 16.5. The van der Waals surface area contributed by atoms with E-state index >= 15 is 0 Å². The number of oxazole rings is 1. The van der Waals surface area contributed by atoms with Crippen molar-refractivity contribution in [1.82, 2.24) is 9.88 Å². The second-order valence-corrected chi connectivity index (χ2v) is 9.48. The number of rotatable bonds is 11. The number of fused-ring (bicyclic) bond motifs is 1. The lowest BCUT2D eigenvalue weighted by molar-refractivity contribution is -0.152. The molecule has 1 aliphatic heterocycles. The van der Waals surface area contributed by atoms with Crippen molar-refractivity contribution >= 4 is 18.0 Å². The second-order valence-electron chi connectivity index (χ2n) is 9.48. The maximum atomic E-state index is 12.8. The van der Waals surface area contributed by atoms with Crippen LogP contribution in [0.25, 0.3) is 6.08 Å². The summed E-state index contributed by atoms with van der Waals surface area (Å²) in [5, 5.41) is 0. The predicted molar refractivity (Wildman–Crippen MR) is 144 cm³/mol. The first-order valence-corrected chi connectivity index (χ1v) is 12.9. The highest BCUT2D eigenvalue weighted by molar-refractivity contribution is 5.92. The Hall–Kier alpha value is -3.61. The fourth-order valence-corrected chi connectivity index (χ4v) is 4.26. The lowest BCUT2D eigenvalue weighted by Crippen LogP contribution is -2.43. The van der Waals surface area contributed by atoms with Gasteiger partial charge in [-0.05, 0) is 68.4 Å². The monoisotopic (exact) mass is 506 g/mol. The molecule has 0 bridgehead atoms. The Balaban J connectivity index is 1.68. The van der Waals surface area contributed by atoms with Gasteiger partial charge in [0.25, 0.3) is 0 Å². The quantitative estimate of drug-likeness (QED) is 0.218. The Morgan fingerprint density at radius 1 is 1.27 bits per heavy atom. The molecular formula is C30H38N2O5. The number of aromatic nitrogens is 1. The number of hydrogen-bond acceptors (Lipinski definition) is 6.